The molecule has 0 aliphatic carbocycles. The molecular formula is C16H25NO3. The smallest absolute Gasteiger partial charge is 0.340 e. The van der Waals surface area contributed by atoms with Gasteiger partial charge in [0.05, 0.1) is 24.8 Å². The molecule has 4 heteroatoms. The number of aromatic nitrogens is 1. The molecule has 0 radical (unpaired) electrons. The van der Waals surface area contributed by atoms with E-state index in [9.17, 15) is 4.79 Å². The van der Waals surface area contributed by atoms with Crippen molar-refractivity contribution in [3.8, 4) is 5.75 Å². The van der Waals surface area contributed by atoms with Crippen LogP contribution in [0.3, 0.4) is 0 Å². The van der Waals surface area contributed by atoms with Gasteiger partial charge in [0.2, 0.25) is 0 Å². The number of rotatable bonds is 3. The molecule has 2 heterocycles. The molecule has 2 aromatic heterocycles. The van der Waals surface area contributed by atoms with Crippen molar-refractivity contribution >= 4 is 11.5 Å². The van der Waals surface area contributed by atoms with Gasteiger partial charge in [0.1, 0.15) is 5.75 Å². The van der Waals surface area contributed by atoms with Gasteiger partial charge in [0.15, 0.2) is 0 Å². The van der Waals surface area contributed by atoms with Gasteiger partial charge in [-0.05, 0) is 19.1 Å². The molecule has 0 aliphatic heterocycles. The standard InChI is InChI=1S/C12H13NO3.2C2H6/c1-3-16-12(14)10-5-7-13-6-4-9(15-2)8-11(10)13;2*1-2/h4-8H,3H2,1-2H3;2*1-2H3. The quantitative estimate of drug-likeness (QED) is 0.791. The SMILES string of the molecule is CC.CC.CCOC(=O)c1ccn2ccc(OC)cc12. The minimum atomic E-state index is -0.307. The highest BCUT2D eigenvalue weighted by Crippen LogP contribution is 2.19. The van der Waals surface area contributed by atoms with Crippen LogP contribution >= 0.6 is 0 Å². The van der Waals surface area contributed by atoms with Crippen LogP contribution in [-0.4, -0.2) is 24.1 Å². The maximum atomic E-state index is 11.6. The van der Waals surface area contributed by atoms with Crippen molar-refractivity contribution in [2.45, 2.75) is 34.6 Å². The van der Waals surface area contributed by atoms with Crippen LogP contribution in [-0.2, 0) is 4.74 Å². The number of nitrogens with zero attached hydrogens (tertiary/aromatic N) is 1. The second-order valence-electron chi connectivity index (χ2n) is 3.31. The Morgan fingerprint density at radius 1 is 1.15 bits per heavy atom. The summed E-state index contributed by atoms with van der Waals surface area (Å²) >= 11 is 0. The van der Waals surface area contributed by atoms with Crippen LogP contribution in [0.2, 0.25) is 0 Å². The van der Waals surface area contributed by atoms with E-state index in [1.807, 2.05) is 56.6 Å². The molecule has 20 heavy (non-hydrogen) atoms. The van der Waals surface area contributed by atoms with Crippen LogP contribution in [0, 0.1) is 0 Å². The summed E-state index contributed by atoms with van der Waals surface area (Å²) in [6, 6.07) is 5.39. The third kappa shape index (κ3) is 4.30. The summed E-state index contributed by atoms with van der Waals surface area (Å²) in [5, 5.41) is 0. The van der Waals surface area contributed by atoms with Gasteiger partial charge >= 0.3 is 5.97 Å². The highest BCUT2D eigenvalue weighted by atomic mass is 16.5. The maximum Gasteiger partial charge on any atom is 0.340 e. The average Bonchev–Trinajstić information content (AvgIpc) is 2.94. The van der Waals surface area contributed by atoms with Crippen molar-refractivity contribution in [3.05, 3.63) is 36.2 Å². The molecule has 0 bridgehead atoms. The van der Waals surface area contributed by atoms with E-state index in [2.05, 4.69) is 0 Å². The van der Waals surface area contributed by atoms with Crippen molar-refractivity contribution in [1.29, 1.82) is 0 Å². The van der Waals surface area contributed by atoms with Gasteiger partial charge in [-0.3, -0.25) is 0 Å². The van der Waals surface area contributed by atoms with Gasteiger partial charge in [-0.1, -0.05) is 27.7 Å². The lowest BCUT2D eigenvalue weighted by molar-refractivity contribution is 0.0529. The van der Waals surface area contributed by atoms with Gasteiger partial charge < -0.3 is 13.9 Å². The highest BCUT2D eigenvalue weighted by Gasteiger charge is 2.12. The van der Waals surface area contributed by atoms with E-state index in [-0.39, 0.29) is 5.97 Å². The zero-order valence-corrected chi connectivity index (χ0v) is 13.3. The molecule has 0 amide bonds. The second kappa shape index (κ2) is 9.89. The van der Waals surface area contributed by atoms with E-state index in [4.69, 9.17) is 9.47 Å². The minimum Gasteiger partial charge on any atom is -0.497 e. The molecule has 0 saturated heterocycles. The van der Waals surface area contributed by atoms with Crippen LogP contribution in [0.15, 0.2) is 30.6 Å². The average molecular weight is 279 g/mol. The Balaban J connectivity index is 0.000000829. The third-order valence-electron chi connectivity index (χ3n) is 2.37. The lowest BCUT2D eigenvalue weighted by atomic mass is 10.2. The Labute approximate surface area is 121 Å². The van der Waals surface area contributed by atoms with Gasteiger partial charge in [0, 0.05) is 18.5 Å². The fourth-order valence-corrected chi connectivity index (χ4v) is 1.59. The molecule has 0 atom stereocenters. The molecule has 0 spiro atoms. The van der Waals surface area contributed by atoms with E-state index >= 15 is 0 Å². The second-order valence-corrected chi connectivity index (χ2v) is 3.31. The zero-order chi connectivity index (χ0) is 15.5. The Morgan fingerprint density at radius 2 is 1.75 bits per heavy atom. The first-order valence-corrected chi connectivity index (χ1v) is 7.08. The van der Waals surface area contributed by atoms with Crippen molar-refractivity contribution in [2.75, 3.05) is 13.7 Å². The van der Waals surface area contributed by atoms with Crippen LogP contribution in [0.25, 0.3) is 5.52 Å². The molecule has 2 aromatic rings. The number of hydrogen-bond acceptors (Lipinski definition) is 3. The molecule has 4 nitrogen and oxygen atoms in total. The van der Waals surface area contributed by atoms with Crippen molar-refractivity contribution < 1.29 is 14.3 Å². The first-order valence-electron chi connectivity index (χ1n) is 7.08. The summed E-state index contributed by atoms with van der Waals surface area (Å²) < 4.78 is 12.0. The zero-order valence-electron chi connectivity index (χ0n) is 13.3. The first-order chi connectivity index (χ1) is 9.76. The van der Waals surface area contributed by atoms with E-state index < -0.39 is 0 Å². The largest absolute Gasteiger partial charge is 0.497 e. The van der Waals surface area contributed by atoms with Crippen molar-refractivity contribution in [3.63, 3.8) is 0 Å². The topological polar surface area (TPSA) is 39.9 Å². The van der Waals surface area contributed by atoms with Crippen molar-refractivity contribution in [1.82, 2.24) is 4.40 Å². The fourth-order valence-electron chi connectivity index (χ4n) is 1.59. The van der Waals surface area contributed by atoms with Crippen molar-refractivity contribution in [2.24, 2.45) is 0 Å². The minimum absolute atomic E-state index is 0.307. The monoisotopic (exact) mass is 279 g/mol. The molecule has 0 aromatic carbocycles. The summed E-state index contributed by atoms with van der Waals surface area (Å²) in [7, 11) is 1.60. The van der Waals surface area contributed by atoms with Gasteiger partial charge in [-0.2, -0.15) is 0 Å². The third-order valence-corrected chi connectivity index (χ3v) is 2.37. The predicted molar refractivity (Wildman–Crippen MR) is 82.6 cm³/mol. The molecule has 0 N–H and O–H groups in total. The number of methoxy groups -OCH3 is 1. The molecular weight excluding hydrogens is 254 g/mol. The van der Waals surface area contributed by atoms with E-state index in [1.54, 1.807) is 20.1 Å². The summed E-state index contributed by atoms with van der Waals surface area (Å²) in [6.45, 7) is 10.2. The predicted octanol–water partition coefficient (Wildman–Crippen LogP) is 4.18. The van der Waals surface area contributed by atoms with E-state index in [0.29, 0.717) is 12.2 Å². The fraction of sp³-hybridized carbons (Fsp3) is 0.438. The van der Waals surface area contributed by atoms with Crippen LogP contribution in [0.1, 0.15) is 45.0 Å². The number of ether oxygens (including phenoxy) is 2. The van der Waals surface area contributed by atoms with E-state index in [0.717, 1.165) is 11.3 Å². The number of hydrogen-bond donors (Lipinski definition) is 0. The molecule has 0 aliphatic rings. The molecule has 0 saturated carbocycles. The number of carbonyl (C=O) groups is 1. The number of fused-ring (bicyclic) bond motifs is 1. The molecule has 112 valence electrons. The first kappa shape index (κ1) is 18.0. The summed E-state index contributed by atoms with van der Waals surface area (Å²) in [5.41, 5.74) is 1.35. The van der Waals surface area contributed by atoms with Gasteiger partial charge in [0.25, 0.3) is 0 Å². The molecule has 0 fully saturated rings. The summed E-state index contributed by atoms with van der Waals surface area (Å²) in [5.74, 6) is 0.412. The number of esters is 1. The number of carbonyl (C=O) groups excluding carboxylic acids is 1. The summed E-state index contributed by atoms with van der Waals surface area (Å²) in [4.78, 5) is 11.6. The Kier molecular flexibility index (Phi) is 8.92. The van der Waals surface area contributed by atoms with Gasteiger partial charge in [-0.15, -0.1) is 0 Å². The van der Waals surface area contributed by atoms with Crippen LogP contribution < -0.4 is 4.74 Å². The number of pyridine rings is 1. The Morgan fingerprint density at radius 3 is 2.30 bits per heavy atom. The maximum absolute atomic E-state index is 11.6. The normalized spacial score (nSPS) is 8.90. The lowest BCUT2D eigenvalue weighted by Crippen LogP contribution is -2.04. The Hall–Kier alpha value is -1.97. The molecule has 0 unspecified atom stereocenters. The summed E-state index contributed by atoms with van der Waals surface area (Å²) in [6.07, 6.45) is 3.66. The highest BCUT2D eigenvalue weighted by molar-refractivity contribution is 5.97. The Bertz CT molecular complexity index is 517. The van der Waals surface area contributed by atoms with Crippen LogP contribution in [0.4, 0.5) is 0 Å². The van der Waals surface area contributed by atoms with E-state index in [1.165, 1.54) is 0 Å². The lowest BCUT2D eigenvalue weighted by Gasteiger charge is -2.03. The van der Waals surface area contributed by atoms with Gasteiger partial charge in [-0.25, -0.2) is 4.79 Å². The van der Waals surface area contributed by atoms with Crippen LogP contribution in [0.5, 0.6) is 5.75 Å². The molecule has 2 rings (SSSR count).